The minimum Gasteiger partial charge on any atom is -0.356 e. The van der Waals surface area contributed by atoms with E-state index in [1.165, 1.54) is 29.7 Å². The Kier molecular flexibility index (Phi) is 5.37. The second-order valence-corrected chi connectivity index (χ2v) is 7.76. The van der Waals surface area contributed by atoms with Crippen LogP contribution in [0.2, 0.25) is 0 Å². The highest BCUT2D eigenvalue weighted by atomic mass is 16.1. The maximum Gasteiger partial charge on any atom is 0.224 e. The fourth-order valence-electron chi connectivity index (χ4n) is 4.27. The lowest BCUT2D eigenvalue weighted by Crippen LogP contribution is -2.45. The highest BCUT2D eigenvalue weighted by Gasteiger charge is 2.25. The summed E-state index contributed by atoms with van der Waals surface area (Å²) < 4.78 is 0. The Morgan fingerprint density at radius 1 is 1.15 bits per heavy atom. The van der Waals surface area contributed by atoms with Crippen molar-refractivity contribution in [2.45, 2.75) is 57.9 Å². The van der Waals surface area contributed by atoms with Gasteiger partial charge in [-0.3, -0.25) is 4.79 Å². The van der Waals surface area contributed by atoms with E-state index in [9.17, 15) is 4.79 Å². The molecule has 0 unspecified atom stereocenters. The number of anilines is 1. The van der Waals surface area contributed by atoms with Gasteiger partial charge < -0.3 is 10.2 Å². The molecule has 2 aliphatic rings. The molecule has 142 valence electrons. The van der Waals surface area contributed by atoms with E-state index in [1.807, 2.05) is 18.2 Å². The molecular weight excluding hydrogens is 336 g/mol. The number of aromatic nitrogens is 2. The summed E-state index contributed by atoms with van der Waals surface area (Å²) in [6, 6.07) is 8.36. The van der Waals surface area contributed by atoms with Crippen LogP contribution in [-0.2, 0) is 24.1 Å². The Balaban J connectivity index is 1.33. The number of nitrogens with one attached hydrogen (secondary N) is 1. The largest absolute Gasteiger partial charge is 0.356 e. The van der Waals surface area contributed by atoms with Crippen LogP contribution in [0, 0.1) is 6.92 Å². The number of fused-ring (bicyclic) bond motifs is 1. The van der Waals surface area contributed by atoms with E-state index in [4.69, 9.17) is 0 Å². The third-order valence-electron chi connectivity index (χ3n) is 5.87. The average molecular weight is 364 g/mol. The van der Waals surface area contributed by atoms with Gasteiger partial charge in [-0.1, -0.05) is 24.3 Å². The lowest BCUT2D eigenvalue weighted by molar-refractivity contribution is -0.121. The van der Waals surface area contributed by atoms with E-state index in [0.29, 0.717) is 6.42 Å². The van der Waals surface area contributed by atoms with Crippen molar-refractivity contribution in [3.05, 3.63) is 53.0 Å². The molecule has 0 atom stereocenters. The van der Waals surface area contributed by atoms with Crippen molar-refractivity contribution >= 4 is 11.7 Å². The first kappa shape index (κ1) is 18.0. The van der Waals surface area contributed by atoms with E-state index in [0.717, 1.165) is 50.2 Å². The van der Waals surface area contributed by atoms with Crippen molar-refractivity contribution in [2.24, 2.45) is 0 Å². The number of nitrogens with zero attached hydrogens (tertiary/aromatic N) is 3. The first-order valence-corrected chi connectivity index (χ1v) is 10.1. The van der Waals surface area contributed by atoms with Crippen LogP contribution in [0.4, 0.5) is 5.82 Å². The first-order chi connectivity index (χ1) is 13.2. The molecule has 2 heterocycles. The summed E-state index contributed by atoms with van der Waals surface area (Å²) in [5, 5.41) is 3.23. The zero-order chi connectivity index (χ0) is 18.6. The Labute approximate surface area is 161 Å². The van der Waals surface area contributed by atoms with Gasteiger partial charge in [0, 0.05) is 30.4 Å². The van der Waals surface area contributed by atoms with Crippen LogP contribution < -0.4 is 10.2 Å². The molecule has 0 spiro atoms. The molecule has 1 amide bonds. The monoisotopic (exact) mass is 364 g/mol. The molecule has 5 heteroatoms. The smallest absolute Gasteiger partial charge is 0.224 e. The molecule has 27 heavy (non-hydrogen) atoms. The zero-order valence-electron chi connectivity index (χ0n) is 16.1. The Morgan fingerprint density at radius 2 is 1.93 bits per heavy atom. The predicted octanol–water partition coefficient (Wildman–Crippen LogP) is 2.99. The molecule has 1 aliphatic carbocycles. The fourth-order valence-corrected chi connectivity index (χ4v) is 4.27. The number of hydrogen-bond donors (Lipinski definition) is 1. The number of piperidine rings is 1. The summed E-state index contributed by atoms with van der Waals surface area (Å²) in [5.41, 5.74) is 4.88. The molecule has 4 rings (SSSR count). The summed E-state index contributed by atoms with van der Waals surface area (Å²) in [6.07, 6.45) is 8.77. The standard InChI is InChI=1S/C22H28N4O/c1-16-6-2-3-7-17(16)14-21(27)25-18-10-12-26(13-11-18)22-19-8-4-5-9-20(19)23-15-24-22/h2-3,6-7,15,18H,4-5,8-14H2,1H3,(H,25,27). The SMILES string of the molecule is Cc1ccccc1CC(=O)NC1CCN(c2ncnc3c2CCCC3)CC1. The number of amides is 1. The lowest BCUT2D eigenvalue weighted by Gasteiger charge is -2.35. The van der Waals surface area contributed by atoms with E-state index in [1.54, 1.807) is 6.33 Å². The van der Waals surface area contributed by atoms with Gasteiger partial charge in [0.2, 0.25) is 5.91 Å². The van der Waals surface area contributed by atoms with Gasteiger partial charge in [-0.25, -0.2) is 9.97 Å². The van der Waals surface area contributed by atoms with Crippen molar-refractivity contribution in [1.82, 2.24) is 15.3 Å². The quantitative estimate of drug-likeness (QED) is 0.906. The maximum atomic E-state index is 12.4. The van der Waals surface area contributed by atoms with Gasteiger partial charge in [-0.15, -0.1) is 0 Å². The van der Waals surface area contributed by atoms with Gasteiger partial charge in [0.25, 0.3) is 0 Å². The number of benzene rings is 1. The summed E-state index contributed by atoms with van der Waals surface area (Å²) in [4.78, 5) is 23.9. The van der Waals surface area contributed by atoms with Crippen molar-refractivity contribution in [3.63, 3.8) is 0 Å². The maximum absolute atomic E-state index is 12.4. The number of carbonyl (C=O) groups excluding carboxylic acids is 1. The number of carbonyl (C=O) groups is 1. The van der Waals surface area contributed by atoms with Crippen LogP contribution in [0.5, 0.6) is 0 Å². The Hall–Kier alpha value is -2.43. The molecule has 0 bridgehead atoms. The van der Waals surface area contributed by atoms with Crippen LogP contribution in [0.15, 0.2) is 30.6 Å². The molecule has 1 aromatic heterocycles. The van der Waals surface area contributed by atoms with Crippen molar-refractivity contribution in [1.29, 1.82) is 0 Å². The highest BCUT2D eigenvalue weighted by molar-refractivity contribution is 5.79. The third-order valence-corrected chi connectivity index (χ3v) is 5.87. The normalized spacial score (nSPS) is 17.4. The van der Waals surface area contributed by atoms with Gasteiger partial charge in [0.15, 0.2) is 0 Å². The fraction of sp³-hybridized carbons (Fsp3) is 0.500. The summed E-state index contributed by atoms with van der Waals surface area (Å²) in [7, 11) is 0. The van der Waals surface area contributed by atoms with Gasteiger partial charge in [0.05, 0.1) is 6.42 Å². The van der Waals surface area contributed by atoms with E-state index in [2.05, 4.69) is 33.2 Å². The van der Waals surface area contributed by atoms with Crippen molar-refractivity contribution in [2.75, 3.05) is 18.0 Å². The van der Waals surface area contributed by atoms with Gasteiger partial charge in [-0.2, -0.15) is 0 Å². The number of aryl methyl sites for hydroxylation is 2. The van der Waals surface area contributed by atoms with Crippen LogP contribution in [0.25, 0.3) is 0 Å². The Bertz CT molecular complexity index is 812. The lowest BCUT2D eigenvalue weighted by atomic mass is 9.95. The van der Waals surface area contributed by atoms with Crippen molar-refractivity contribution < 1.29 is 4.79 Å². The van der Waals surface area contributed by atoms with Crippen LogP contribution >= 0.6 is 0 Å². The first-order valence-electron chi connectivity index (χ1n) is 10.1. The van der Waals surface area contributed by atoms with Gasteiger partial charge >= 0.3 is 0 Å². The molecule has 2 aromatic rings. The average Bonchev–Trinajstić information content (AvgIpc) is 2.70. The van der Waals surface area contributed by atoms with E-state index >= 15 is 0 Å². The van der Waals surface area contributed by atoms with Crippen molar-refractivity contribution in [3.8, 4) is 0 Å². The number of rotatable bonds is 4. The molecule has 1 saturated heterocycles. The van der Waals surface area contributed by atoms with E-state index < -0.39 is 0 Å². The van der Waals surface area contributed by atoms with Gasteiger partial charge in [-0.05, 0) is 56.6 Å². The molecule has 1 aromatic carbocycles. The third kappa shape index (κ3) is 4.12. The minimum atomic E-state index is 0.127. The van der Waals surface area contributed by atoms with Crippen LogP contribution in [0.3, 0.4) is 0 Å². The minimum absolute atomic E-state index is 0.127. The Morgan fingerprint density at radius 3 is 2.74 bits per heavy atom. The molecule has 5 nitrogen and oxygen atoms in total. The molecule has 0 saturated carbocycles. The highest BCUT2D eigenvalue weighted by Crippen LogP contribution is 2.28. The summed E-state index contributed by atoms with van der Waals surface area (Å²) in [5.74, 6) is 1.26. The molecule has 1 N–H and O–H groups in total. The summed E-state index contributed by atoms with van der Waals surface area (Å²) >= 11 is 0. The molecule has 1 aliphatic heterocycles. The molecular formula is C22H28N4O. The second kappa shape index (κ2) is 8.07. The predicted molar refractivity (Wildman–Crippen MR) is 107 cm³/mol. The topological polar surface area (TPSA) is 58.1 Å². The second-order valence-electron chi connectivity index (χ2n) is 7.76. The van der Waals surface area contributed by atoms with Gasteiger partial charge in [0.1, 0.15) is 12.1 Å². The zero-order valence-corrected chi connectivity index (χ0v) is 16.1. The molecule has 1 fully saturated rings. The van der Waals surface area contributed by atoms with Crippen LogP contribution in [-0.4, -0.2) is 35.0 Å². The molecule has 0 radical (unpaired) electrons. The summed E-state index contributed by atoms with van der Waals surface area (Å²) in [6.45, 7) is 3.95. The van der Waals surface area contributed by atoms with E-state index in [-0.39, 0.29) is 11.9 Å². The van der Waals surface area contributed by atoms with Crippen LogP contribution in [0.1, 0.15) is 48.1 Å². The number of hydrogen-bond acceptors (Lipinski definition) is 4.